The number of nitrogens with zero attached hydrogens (tertiary/aromatic N) is 3. The zero-order valence-corrected chi connectivity index (χ0v) is 21.1. The van der Waals surface area contributed by atoms with Crippen LogP contribution in [0.2, 0.25) is 5.02 Å². The van der Waals surface area contributed by atoms with E-state index in [1.54, 1.807) is 29.2 Å². The summed E-state index contributed by atoms with van der Waals surface area (Å²) in [7, 11) is 0. The Morgan fingerprint density at radius 1 is 0.857 bits per heavy atom. The zero-order chi connectivity index (χ0) is 24.8. The van der Waals surface area contributed by atoms with Crippen molar-refractivity contribution in [1.29, 1.82) is 0 Å². The predicted molar refractivity (Wildman–Crippen MR) is 137 cm³/mol. The van der Waals surface area contributed by atoms with Gasteiger partial charge in [-0.15, -0.1) is 0 Å². The van der Waals surface area contributed by atoms with Crippen LogP contribution in [0.25, 0.3) is 0 Å². The number of hydrogen-bond acceptors (Lipinski definition) is 3. The molecule has 2 aliphatic rings. The average molecular weight is 496 g/mol. The summed E-state index contributed by atoms with van der Waals surface area (Å²) in [4.78, 5) is 45.2. The highest BCUT2D eigenvalue weighted by Crippen LogP contribution is 2.26. The van der Waals surface area contributed by atoms with Crippen molar-refractivity contribution in [3.63, 3.8) is 0 Å². The molecule has 2 fully saturated rings. The maximum Gasteiger partial charge on any atom is 0.253 e. The standard InChI is InChI=1S/C28H34ClN3O3/c1-2-16-32(25-14-18-30(19-15-25)26(33)21-7-4-3-5-8-21)28(35)23-9-6-17-31(20-23)27(34)22-10-12-24(29)13-11-22/h3-5,7-8,10-13,23,25H,2,6,9,14-20H2,1H3. The second kappa shape index (κ2) is 11.7. The molecular formula is C28H34ClN3O3. The van der Waals surface area contributed by atoms with Gasteiger partial charge < -0.3 is 14.7 Å². The van der Waals surface area contributed by atoms with Gasteiger partial charge in [-0.1, -0.05) is 36.7 Å². The van der Waals surface area contributed by atoms with E-state index in [0.717, 1.165) is 32.1 Å². The van der Waals surface area contributed by atoms with Crippen LogP contribution in [0.3, 0.4) is 0 Å². The van der Waals surface area contributed by atoms with Gasteiger partial charge in [0.1, 0.15) is 0 Å². The fourth-order valence-electron chi connectivity index (χ4n) is 5.23. The van der Waals surface area contributed by atoms with E-state index < -0.39 is 0 Å². The van der Waals surface area contributed by atoms with Gasteiger partial charge in [0.2, 0.25) is 5.91 Å². The molecule has 2 aromatic rings. The first kappa shape index (κ1) is 25.2. The lowest BCUT2D eigenvalue weighted by atomic mass is 9.93. The van der Waals surface area contributed by atoms with Gasteiger partial charge in [-0.3, -0.25) is 14.4 Å². The first-order valence-electron chi connectivity index (χ1n) is 12.7. The summed E-state index contributed by atoms with van der Waals surface area (Å²) in [5, 5.41) is 0.597. The van der Waals surface area contributed by atoms with Crippen LogP contribution in [0.5, 0.6) is 0 Å². The SMILES string of the molecule is CCCN(C(=O)C1CCCN(C(=O)c2ccc(Cl)cc2)C1)C1CCN(C(=O)c2ccccc2)CC1. The van der Waals surface area contributed by atoms with E-state index in [-0.39, 0.29) is 29.7 Å². The highest BCUT2D eigenvalue weighted by atomic mass is 35.5. The normalized spacial score (nSPS) is 18.9. The van der Waals surface area contributed by atoms with E-state index in [0.29, 0.717) is 48.9 Å². The minimum Gasteiger partial charge on any atom is -0.339 e. The molecule has 35 heavy (non-hydrogen) atoms. The summed E-state index contributed by atoms with van der Waals surface area (Å²) in [6.45, 7) is 5.21. The number of hydrogen-bond donors (Lipinski definition) is 0. The Bertz CT molecular complexity index is 1020. The van der Waals surface area contributed by atoms with Gasteiger partial charge in [0.15, 0.2) is 0 Å². The minimum atomic E-state index is -0.185. The van der Waals surface area contributed by atoms with Crippen molar-refractivity contribution in [2.75, 3.05) is 32.7 Å². The van der Waals surface area contributed by atoms with E-state index >= 15 is 0 Å². The van der Waals surface area contributed by atoms with Crippen LogP contribution in [0, 0.1) is 5.92 Å². The largest absolute Gasteiger partial charge is 0.339 e. The summed E-state index contributed by atoms with van der Waals surface area (Å²) in [5.41, 5.74) is 1.31. The van der Waals surface area contributed by atoms with Gasteiger partial charge in [0.05, 0.1) is 5.92 Å². The first-order chi connectivity index (χ1) is 17.0. The molecule has 1 unspecified atom stereocenters. The number of piperidine rings is 2. The molecule has 0 spiro atoms. The molecule has 2 aromatic carbocycles. The fraction of sp³-hybridized carbons (Fsp3) is 0.464. The molecule has 3 amide bonds. The minimum absolute atomic E-state index is 0.0473. The highest BCUT2D eigenvalue weighted by molar-refractivity contribution is 6.30. The van der Waals surface area contributed by atoms with E-state index in [9.17, 15) is 14.4 Å². The van der Waals surface area contributed by atoms with Crippen LogP contribution in [0.4, 0.5) is 0 Å². The number of carbonyl (C=O) groups is 3. The molecular weight excluding hydrogens is 462 g/mol. The summed E-state index contributed by atoms with van der Waals surface area (Å²) in [5.74, 6) is -0.0289. The number of likely N-dealkylation sites (tertiary alicyclic amines) is 2. The second-order valence-electron chi connectivity index (χ2n) is 9.52. The lowest BCUT2D eigenvalue weighted by Crippen LogP contribution is -2.53. The van der Waals surface area contributed by atoms with Gasteiger partial charge in [0.25, 0.3) is 11.8 Å². The van der Waals surface area contributed by atoms with Crippen molar-refractivity contribution >= 4 is 29.3 Å². The lowest BCUT2D eigenvalue weighted by Gasteiger charge is -2.41. The molecule has 2 heterocycles. The lowest BCUT2D eigenvalue weighted by molar-refractivity contribution is -0.140. The Labute approximate surface area is 212 Å². The Morgan fingerprint density at radius 3 is 2.14 bits per heavy atom. The van der Waals surface area contributed by atoms with Gasteiger partial charge in [-0.05, 0) is 68.5 Å². The second-order valence-corrected chi connectivity index (χ2v) is 9.95. The Morgan fingerprint density at radius 2 is 1.49 bits per heavy atom. The summed E-state index contributed by atoms with van der Waals surface area (Å²) < 4.78 is 0. The van der Waals surface area contributed by atoms with Gasteiger partial charge in [-0.25, -0.2) is 0 Å². The molecule has 2 aliphatic heterocycles. The quantitative estimate of drug-likeness (QED) is 0.581. The van der Waals surface area contributed by atoms with Crippen LogP contribution in [0.15, 0.2) is 54.6 Å². The average Bonchev–Trinajstić information content (AvgIpc) is 2.91. The monoisotopic (exact) mass is 495 g/mol. The molecule has 0 radical (unpaired) electrons. The van der Waals surface area contributed by atoms with Gasteiger partial charge in [0, 0.05) is 54.9 Å². The predicted octanol–water partition coefficient (Wildman–Crippen LogP) is 4.74. The molecule has 2 saturated heterocycles. The van der Waals surface area contributed by atoms with Crippen LogP contribution >= 0.6 is 11.6 Å². The number of amides is 3. The summed E-state index contributed by atoms with van der Waals surface area (Å²) >= 11 is 5.97. The van der Waals surface area contributed by atoms with Crippen molar-refractivity contribution < 1.29 is 14.4 Å². The Kier molecular flexibility index (Phi) is 8.45. The molecule has 0 aromatic heterocycles. The van der Waals surface area contributed by atoms with Crippen LogP contribution < -0.4 is 0 Å². The number of rotatable bonds is 6. The van der Waals surface area contributed by atoms with Crippen molar-refractivity contribution in [3.05, 3.63) is 70.7 Å². The third-order valence-corrected chi connectivity index (χ3v) is 7.36. The molecule has 6 nitrogen and oxygen atoms in total. The summed E-state index contributed by atoms with van der Waals surface area (Å²) in [6, 6.07) is 16.4. The smallest absolute Gasteiger partial charge is 0.253 e. The number of carbonyl (C=O) groups excluding carboxylic acids is 3. The summed E-state index contributed by atoms with van der Waals surface area (Å²) in [6.07, 6.45) is 4.07. The maximum absolute atomic E-state index is 13.7. The van der Waals surface area contributed by atoms with Crippen molar-refractivity contribution in [1.82, 2.24) is 14.7 Å². The molecule has 186 valence electrons. The third kappa shape index (κ3) is 6.04. The Hall–Kier alpha value is -2.86. The van der Waals surface area contributed by atoms with Crippen molar-refractivity contribution in [2.24, 2.45) is 5.92 Å². The molecule has 0 N–H and O–H groups in total. The van der Waals surface area contributed by atoms with Crippen LogP contribution in [-0.4, -0.2) is 71.2 Å². The molecule has 4 rings (SSSR count). The van der Waals surface area contributed by atoms with Crippen molar-refractivity contribution in [3.8, 4) is 0 Å². The van der Waals surface area contributed by atoms with E-state index in [1.807, 2.05) is 40.1 Å². The highest BCUT2D eigenvalue weighted by Gasteiger charge is 2.35. The van der Waals surface area contributed by atoms with Crippen molar-refractivity contribution in [2.45, 2.75) is 45.1 Å². The maximum atomic E-state index is 13.7. The van der Waals surface area contributed by atoms with Gasteiger partial charge >= 0.3 is 0 Å². The van der Waals surface area contributed by atoms with Gasteiger partial charge in [-0.2, -0.15) is 0 Å². The first-order valence-corrected chi connectivity index (χ1v) is 13.1. The Balaban J connectivity index is 1.38. The van der Waals surface area contributed by atoms with Crippen LogP contribution in [-0.2, 0) is 4.79 Å². The number of benzene rings is 2. The fourth-order valence-corrected chi connectivity index (χ4v) is 5.36. The van der Waals surface area contributed by atoms with E-state index in [2.05, 4.69) is 6.92 Å². The molecule has 0 aliphatic carbocycles. The zero-order valence-electron chi connectivity index (χ0n) is 20.4. The molecule has 0 saturated carbocycles. The van der Waals surface area contributed by atoms with Crippen LogP contribution in [0.1, 0.15) is 59.7 Å². The third-order valence-electron chi connectivity index (χ3n) is 7.11. The number of halogens is 1. The van der Waals surface area contributed by atoms with E-state index in [1.165, 1.54) is 0 Å². The molecule has 1 atom stereocenters. The topological polar surface area (TPSA) is 60.9 Å². The van der Waals surface area contributed by atoms with E-state index in [4.69, 9.17) is 11.6 Å². The molecule has 7 heteroatoms. The molecule has 0 bridgehead atoms.